The molecule has 2 fully saturated rings. The number of H-pyrrole nitrogens is 1. The third kappa shape index (κ3) is 15.2. The lowest BCUT2D eigenvalue weighted by Gasteiger charge is -2.34. The molecule has 402 valence electrons. The number of fused-ring (bicyclic) bond motifs is 2. The Bertz CT molecular complexity index is 2730. The molecule has 2 aromatic carbocycles. The number of imide groups is 1. The number of nitrogens with one attached hydrogen (secondary N) is 6. The molecular weight excluding hydrogens is 971 g/mol. The molecule has 6 rings (SSSR count). The fourth-order valence-corrected chi connectivity index (χ4v) is 9.08. The number of aryl methyl sites for hydroxylation is 2. The maximum absolute atomic E-state index is 15.4. The first-order chi connectivity index (χ1) is 35.8. The van der Waals surface area contributed by atoms with E-state index in [0.717, 1.165) is 10.5 Å². The van der Waals surface area contributed by atoms with Crippen molar-refractivity contribution in [3.63, 3.8) is 0 Å². The van der Waals surface area contributed by atoms with Gasteiger partial charge in [-0.2, -0.15) is 0 Å². The van der Waals surface area contributed by atoms with Gasteiger partial charge in [-0.15, -0.1) is 5.10 Å². The summed E-state index contributed by atoms with van der Waals surface area (Å²) < 4.78 is 1.55. The van der Waals surface area contributed by atoms with E-state index in [9.17, 15) is 38.4 Å². The van der Waals surface area contributed by atoms with Crippen molar-refractivity contribution in [2.24, 2.45) is 28.9 Å². The number of carbonyl (C=O) groups is 10. The van der Waals surface area contributed by atoms with Crippen molar-refractivity contribution in [2.75, 3.05) is 13.1 Å². The number of amides is 11. The van der Waals surface area contributed by atoms with Crippen LogP contribution in [0.4, 0.5) is 4.79 Å². The summed E-state index contributed by atoms with van der Waals surface area (Å²) in [5, 5.41) is 22.1. The summed E-state index contributed by atoms with van der Waals surface area (Å²) in [6.07, 6.45) is 3.34. The zero-order valence-corrected chi connectivity index (χ0v) is 42.0. The number of carbonyl (C=O) groups excluding carboxylic acids is 10. The van der Waals surface area contributed by atoms with E-state index < -0.39 is 120 Å². The standard InChI is InChI=1S/C50H67N15O10/c1-3-28(2)43-49(74)63-27-32(65-26-31(61-62-65)17-16-29-11-5-4-6-12-29)21-39(63)48(73)64(25-30-24-56-35-14-8-7-13-33(30)35)50(75)59-36(44(54)69)15-9-10-20-55-42(68)19-18-34(51)45(70)57-37(22-40(52)66)46(71)58-38(23-41(53)67)47(72)60-43/h4-8,11-14,24,26,28,32,34,36-39,43,56H,3,9-10,15-23,25,27,51H2,1-2H3,(H2,52,66)(H2,53,67)(H2,54,69)(H,55,68)(H,57,70)(H,58,71)(H,59,75)(H,60,72)/t28-,32-,34-,36-,37-,38-,39-,43-/m0/s1. The lowest BCUT2D eigenvalue weighted by Crippen LogP contribution is -2.61. The minimum Gasteiger partial charge on any atom is -0.370 e. The third-order valence-corrected chi connectivity index (χ3v) is 13.6. The first-order valence-electron chi connectivity index (χ1n) is 25.0. The van der Waals surface area contributed by atoms with Crippen molar-refractivity contribution in [2.45, 2.75) is 133 Å². The van der Waals surface area contributed by atoms with Crippen LogP contribution in [0.1, 0.15) is 94.5 Å². The molecule has 0 aliphatic carbocycles. The summed E-state index contributed by atoms with van der Waals surface area (Å²) in [6.45, 7) is 3.04. The summed E-state index contributed by atoms with van der Waals surface area (Å²) in [4.78, 5) is 142. The molecular formula is C50H67N15O10. The first-order valence-corrected chi connectivity index (χ1v) is 25.0. The maximum atomic E-state index is 15.4. The van der Waals surface area contributed by atoms with Gasteiger partial charge in [-0.3, -0.25) is 48.1 Å². The second-order valence-corrected chi connectivity index (χ2v) is 19.1. The Balaban J connectivity index is 1.40. The van der Waals surface area contributed by atoms with Crippen LogP contribution in [-0.4, -0.2) is 138 Å². The topological polar surface area (TPSA) is 388 Å². The summed E-state index contributed by atoms with van der Waals surface area (Å²) >= 11 is 0. The quantitative estimate of drug-likeness (QED) is 0.0765. The molecule has 75 heavy (non-hydrogen) atoms. The molecule has 0 saturated carbocycles. The van der Waals surface area contributed by atoms with E-state index in [4.69, 9.17) is 22.9 Å². The van der Waals surface area contributed by atoms with Crippen LogP contribution in [0.15, 0.2) is 67.0 Å². The first kappa shape index (κ1) is 56.1. The highest BCUT2D eigenvalue weighted by Gasteiger charge is 2.47. The Hall–Kier alpha value is -8.22. The second kappa shape index (κ2) is 26.1. The van der Waals surface area contributed by atoms with Gasteiger partial charge in [0.05, 0.1) is 37.2 Å². The smallest absolute Gasteiger partial charge is 0.325 e. The predicted molar refractivity (Wildman–Crippen MR) is 270 cm³/mol. The number of rotatable bonds is 13. The van der Waals surface area contributed by atoms with Crippen molar-refractivity contribution in [1.82, 2.24) is 56.4 Å². The van der Waals surface area contributed by atoms with Crippen molar-refractivity contribution in [1.29, 1.82) is 0 Å². The van der Waals surface area contributed by atoms with Crippen LogP contribution in [0.2, 0.25) is 0 Å². The number of urea groups is 1. The summed E-state index contributed by atoms with van der Waals surface area (Å²) in [5.41, 5.74) is 25.8. The molecule has 4 heterocycles. The van der Waals surface area contributed by atoms with Crippen LogP contribution < -0.4 is 49.5 Å². The molecule has 2 aromatic heterocycles. The van der Waals surface area contributed by atoms with Crippen LogP contribution in [0.25, 0.3) is 10.9 Å². The van der Waals surface area contributed by atoms with Crippen LogP contribution >= 0.6 is 0 Å². The lowest BCUT2D eigenvalue weighted by molar-refractivity contribution is -0.145. The number of nitrogens with zero attached hydrogens (tertiary/aromatic N) is 5. The van der Waals surface area contributed by atoms with Gasteiger partial charge >= 0.3 is 6.03 Å². The van der Waals surface area contributed by atoms with E-state index in [2.05, 4.69) is 41.9 Å². The fraction of sp³-hybridized carbons (Fsp3) is 0.480. The van der Waals surface area contributed by atoms with Gasteiger partial charge < -0.3 is 59.4 Å². The Morgan fingerprint density at radius 1 is 0.787 bits per heavy atom. The van der Waals surface area contributed by atoms with E-state index in [1.165, 1.54) is 4.90 Å². The van der Waals surface area contributed by atoms with Gasteiger partial charge in [-0.25, -0.2) is 9.48 Å². The van der Waals surface area contributed by atoms with Crippen molar-refractivity contribution < 1.29 is 47.9 Å². The highest BCUT2D eigenvalue weighted by atomic mass is 16.2. The monoisotopic (exact) mass is 1040 g/mol. The van der Waals surface area contributed by atoms with Gasteiger partial charge in [0.25, 0.3) is 5.91 Å². The van der Waals surface area contributed by atoms with Gasteiger partial charge in [-0.1, -0.05) is 74.0 Å². The highest BCUT2D eigenvalue weighted by Crippen LogP contribution is 2.32. The molecule has 4 aromatic rings. The molecule has 2 saturated heterocycles. The Labute approximate surface area is 432 Å². The number of hydrogen-bond acceptors (Lipinski definition) is 13. The number of para-hydroxylation sites is 1. The molecule has 14 N–H and O–H groups in total. The summed E-state index contributed by atoms with van der Waals surface area (Å²) in [5.74, 6) is -8.86. The summed E-state index contributed by atoms with van der Waals surface area (Å²) in [7, 11) is 0. The van der Waals surface area contributed by atoms with Crippen LogP contribution in [-0.2, 0) is 62.5 Å². The average Bonchev–Trinajstić information content (AvgIpc) is 4.16. The van der Waals surface area contributed by atoms with Crippen LogP contribution in [0, 0.1) is 5.92 Å². The molecule has 8 atom stereocenters. The van der Waals surface area contributed by atoms with Gasteiger partial charge in [-0.05, 0) is 61.6 Å². The molecule has 25 nitrogen and oxygen atoms in total. The van der Waals surface area contributed by atoms with E-state index in [0.29, 0.717) is 41.4 Å². The predicted octanol–water partition coefficient (Wildman–Crippen LogP) is -1.06. The average molecular weight is 1040 g/mol. The van der Waals surface area contributed by atoms with Gasteiger partial charge in [0.2, 0.25) is 47.3 Å². The zero-order valence-electron chi connectivity index (χ0n) is 42.0. The van der Waals surface area contributed by atoms with Gasteiger partial charge in [0, 0.05) is 49.2 Å². The molecule has 0 radical (unpaired) electrons. The largest absolute Gasteiger partial charge is 0.370 e. The highest BCUT2D eigenvalue weighted by molar-refractivity contribution is 6.02. The number of hydrogen-bond donors (Lipinski definition) is 10. The Morgan fingerprint density at radius 2 is 1.45 bits per heavy atom. The third-order valence-electron chi connectivity index (χ3n) is 13.6. The number of primary amides is 3. The van der Waals surface area contributed by atoms with E-state index in [1.807, 2.05) is 42.5 Å². The second-order valence-electron chi connectivity index (χ2n) is 19.1. The van der Waals surface area contributed by atoms with E-state index in [-0.39, 0.29) is 58.2 Å². The lowest BCUT2D eigenvalue weighted by atomic mass is 9.96. The fourth-order valence-electron chi connectivity index (χ4n) is 9.08. The van der Waals surface area contributed by atoms with Gasteiger partial charge in [0.15, 0.2) is 0 Å². The molecule has 11 amide bonds. The molecule has 0 unspecified atom stereocenters. The number of nitrogens with two attached hydrogens (primary N) is 4. The number of aromatic nitrogens is 4. The molecule has 0 spiro atoms. The van der Waals surface area contributed by atoms with Crippen molar-refractivity contribution in [3.05, 3.63) is 83.8 Å². The van der Waals surface area contributed by atoms with E-state index in [1.54, 1.807) is 43.1 Å². The molecule has 25 heteroatoms. The summed E-state index contributed by atoms with van der Waals surface area (Å²) in [6, 6.07) is 6.31. The Morgan fingerprint density at radius 3 is 2.13 bits per heavy atom. The molecule has 2 aliphatic heterocycles. The zero-order chi connectivity index (χ0) is 54.3. The van der Waals surface area contributed by atoms with Crippen molar-refractivity contribution in [3.8, 4) is 0 Å². The number of aromatic amines is 1. The van der Waals surface area contributed by atoms with Crippen molar-refractivity contribution >= 4 is 70.1 Å². The normalized spacial score (nSPS) is 23.8. The van der Waals surface area contributed by atoms with Crippen LogP contribution in [0.3, 0.4) is 0 Å². The molecule has 2 aliphatic rings. The maximum Gasteiger partial charge on any atom is 0.325 e. The molecule has 0 bridgehead atoms. The van der Waals surface area contributed by atoms with Crippen LogP contribution in [0.5, 0.6) is 0 Å². The Kier molecular flexibility index (Phi) is 19.5. The number of benzene rings is 2. The SMILES string of the molecule is CC[C@H](C)[C@@H]1NC(=O)[C@H](CC(N)=O)NC(=O)[C@H](CC(N)=O)NC(=O)[C@@H](N)CCC(=O)NCCCC[C@@H](C(N)=O)NC(=O)N(Cc2c[nH]c3ccccc23)C(=O)[C@@H]2C[C@H](n3cc(CCc4ccccc4)nn3)CN2C1=O. The minimum absolute atomic E-state index is 0.0131. The minimum atomic E-state index is -1.78. The van der Waals surface area contributed by atoms with E-state index >= 15 is 9.59 Å². The van der Waals surface area contributed by atoms with Gasteiger partial charge in [0.1, 0.15) is 30.2 Å².